The minimum Gasteiger partial charge on any atom is -0.461 e. The highest BCUT2D eigenvalue weighted by Gasteiger charge is 2.12. The topological polar surface area (TPSA) is 87.7 Å². The molecule has 0 spiro atoms. The largest absolute Gasteiger partial charge is 0.461 e. The van der Waals surface area contributed by atoms with Gasteiger partial charge in [-0.3, -0.25) is 4.68 Å². The SMILES string of the molecule is O=C(OCCCn1cncn1)c1cnn(-c2ccccc2)n1. The van der Waals surface area contributed by atoms with Gasteiger partial charge >= 0.3 is 5.97 Å². The third-order valence-corrected chi connectivity index (χ3v) is 2.92. The summed E-state index contributed by atoms with van der Waals surface area (Å²) in [5.74, 6) is -0.485. The van der Waals surface area contributed by atoms with Crippen LogP contribution in [0.15, 0.2) is 49.2 Å². The van der Waals surface area contributed by atoms with Crippen molar-refractivity contribution in [3.63, 3.8) is 0 Å². The Hall–Kier alpha value is -3.03. The zero-order valence-corrected chi connectivity index (χ0v) is 11.7. The van der Waals surface area contributed by atoms with Crippen LogP contribution in [0.1, 0.15) is 16.9 Å². The van der Waals surface area contributed by atoms with Gasteiger partial charge in [0.2, 0.25) is 0 Å². The van der Waals surface area contributed by atoms with Gasteiger partial charge in [-0.1, -0.05) is 18.2 Å². The summed E-state index contributed by atoms with van der Waals surface area (Å²) in [6.45, 7) is 0.931. The van der Waals surface area contributed by atoms with Crippen molar-refractivity contribution >= 4 is 5.97 Å². The molecule has 0 aliphatic heterocycles. The molecule has 8 heteroatoms. The molecule has 0 unspecified atom stereocenters. The number of benzene rings is 1. The first-order chi connectivity index (χ1) is 10.8. The first-order valence-electron chi connectivity index (χ1n) is 6.80. The maximum Gasteiger partial charge on any atom is 0.360 e. The normalized spacial score (nSPS) is 10.5. The highest BCUT2D eigenvalue weighted by atomic mass is 16.5. The van der Waals surface area contributed by atoms with Crippen LogP contribution in [0.3, 0.4) is 0 Å². The first kappa shape index (κ1) is 13.9. The molecule has 0 saturated carbocycles. The summed E-state index contributed by atoms with van der Waals surface area (Å²) in [6, 6.07) is 9.36. The summed E-state index contributed by atoms with van der Waals surface area (Å²) in [5, 5.41) is 12.1. The number of rotatable bonds is 6. The van der Waals surface area contributed by atoms with E-state index in [9.17, 15) is 4.79 Å². The van der Waals surface area contributed by atoms with Crippen molar-refractivity contribution < 1.29 is 9.53 Å². The molecular formula is C14H14N6O2. The van der Waals surface area contributed by atoms with Gasteiger partial charge in [0.1, 0.15) is 12.7 Å². The van der Waals surface area contributed by atoms with Crippen molar-refractivity contribution in [1.82, 2.24) is 29.8 Å². The van der Waals surface area contributed by atoms with E-state index in [4.69, 9.17) is 4.74 Å². The van der Waals surface area contributed by atoms with E-state index in [0.29, 0.717) is 13.0 Å². The lowest BCUT2D eigenvalue weighted by Crippen LogP contribution is -2.10. The Morgan fingerprint density at radius 1 is 1.18 bits per heavy atom. The second-order valence-corrected chi connectivity index (χ2v) is 4.50. The minimum absolute atomic E-state index is 0.185. The molecule has 0 aliphatic carbocycles. The van der Waals surface area contributed by atoms with Crippen LogP contribution in [0.4, 0.5) is 0 Å². The molecule has 22 heavy (non-hydrogen) atoms. The number of para-hydroxylation sites is 1. The molecule has 3 rings (SSSR count). The maximum atomic E-state index is 11.9. The molecule has 0 amide bonds. The van der Waals surface area contributed by atoms with Gasteiger partial charge in [-0.2, -0.15) is 15.0 Å². The number of carbonyl (C=O) groups excluding carboxylic acids is 1. The second kappa shape index (κ2) is 6.61. The van der Waals surface area contributed by atoms with Gasteiger partial charge in [-0.25, -0.2) is 9.78 Å². The maximum absolute atomic E-state index is 11.9. The van der Waals surface area contributed by atoms with Gasteiger partial charge in [0, 0.05) is 13.0 Å². The molecule has 0 saturated heterocycles. The van der Waals surface area contributed by atoms with E-state index < -0.39 is 5.97 Å². The molecule has 2 aromatic heterocycles. The zero-order chi connectivity index (χ0) is 15.2. The summed E-state index contributed by atoms with van der Waals surface area (Å²) < 4.78 is 6.84. The molecule has 1 aromatic carbocycles. The van der Waals surface area contributed by atoms with Gasteiger partial charge in [-0.15, -0.1) is 5.10 Å². The van der Waals surface area contributed by atoms with Crippen LogP contribution >= 0.6 is 0 Å². The van der Waals surface area contributed by atoms with Crippen molar-refractivity contribution in [2.75, 3.05) is 6.61 Å². The predicted molar refractivity (Wildman–Crippen MR) is 76.3 cm³/mol. The smallest absolute Gasteiger partial charge is 0.360 e. The van der Waals surface area contributed by atoms with E-state index in [0.717, 1.165) is 5.69 Å². The lowest BCUT2D eigenvalue weighted by molar-refractivity contribution is 0.0487. The molecule has 0 fully saturated rings. The Balaban J connectivity index is 1.51. The van der Waals surface area contributed by atoms with Gasteiger partial charge in [-0.05, 0) is 12.1 Å². The predicted octanol–water partition coefficient (Wildman–Crippen LogP) is 1.11. The summed E-state index contributed by atoms with van der Waals surface area (Å²) in [5.41, 5.74) is 0.970. The van der Waals surface area contributed by atoms with Crippen LogP contribution in [0, 0.1) is 0 Å². The van der Waals surface area contributed by atoms with Gasteiger partial charge < -0.3 is 4.74 Å². The Labute approximate surface area is 126 Å². The van der Waals surface area contributed by atoms with Crippen LogP contribution in [-0.2, 0) is 11.3 Å². The third-order valence-electron chi connectivity index (χ3n) is 2.92. The molecule has 0 atom stereocenters. The molecular weight excluding hydrogens is 284 g/mol. The van der Waals surface area contributed by atoms with E-state index in [-0.39, 0.29) is 12.3 Å². The highest BCUT2D eigenvalue weighted by molar-refractivity contribution is 5.86. The monoisotopic (exact) mass is 298 g/mol. The van der Waals surface area contributed by atoms with Crippen molar-refractivity contribution in [1.29, 1.82) is 0 Å². The summed E-state index contributed by atoms with van der Waals surface area (Å²) in [7, 11) is 0. The number of aryl methyl sites for hydroxylation is 1. The summed E-state index contributed by atoms with van der Waals surface area (Å²) >= 11 is 0. The summed E-state index contributed by atoms with van der Waals surface area (Å²) in [6.07, 6.45) is 5.13. The molecule has 3 aromatic rings. The fourth-order valence-electron chi connectivity index (χ4n) is 1.86. The van der Waals surface area contributed by atoms with Crippen molar-refractivity contribution in [2.45, 2.75) is 13.0 Å². The van der Waals surface area contributed by atoms with E-state index in [1.54, 1.807) is 11.0 Å². The number of nitrogens with zero attached hydrogens (tertiary/aromatic N) is 6. The number of hydrogen-bond acceptors (Lipinski definition) is 6. The van der Waals surface area contributed by atoms with Gasteiger partial charge in [0.05, 0.1) is 18.5 Å². The third kappa shape index (κ3) is 3.35. The number of carbonyl (C=O) groups is 1. The quantitative estimate of drug-likeness (QED) is 0.500. The number of esters is 1. The van der Waals surface area contributed by atoms with Gasteiger partial charge in [0.15, 0.2) is 5.69 Å². The molecule has 0 aliphatic rings. The molecule has 2 heterocycles. The van der Waals surface area contributed by atoms with E-state index >= 15 is 0 Å². The average Bonchev–Trinajstić information content (AvgIpc) is 3.24. The van der Waals surface area contributed by atoms with Crippen LogP contribution < -0.4 is 0 Å². The Morgan fingerprint density at radius 2 is 2.05 bits per heavy atom. The molecule has 112 valence electrons. The fourth-order valence-corrected chi connectivity index (χ4v) is 1.86. The van der Waals surface area contributed by atoms with Crippen LogP contribution in [0.25, 0.3) is 5.69 Å². The van der Waals surface area contributed by atoms with E-state index in [1.807, 2.05) is 30.3 Å². The van der Waals surface area contributed by atoms with E-state index in [2.05, 4.69) is 20.3 Å². The van der Waals surface area contributed by atoms with Crippen molar-refractivity contribution in [3.05, 3.63) is 54.9 Å². The number of aromatic nitrogens is 6. The van der Waals surface area contributed by atoms with Crippen LogP contribution in [0.5, 0.6) is 0 Å². The molecule has 0 N–H and O–H groups in total. The van der Waals surface area contributed by atoms with Crippen LogP contribution in [0.2, 0.25) is 0 Å². The van der Waals surface area contributed by atoms with Crippen molar-refractivity contribution in [2.24, 2.45) is 0 Å². The molecule has 8 nitrogen and oxygen atoms in total. The Morgan fingerprint density at radius 3 is 2.82 bits per heavy atom. The molecule has 0 bridgehead atoms. The summed E-state index contributed by atoms with van der Waals surface area (Å²) in [4.78, 5) is 17.1. The minimum atomic E-state index is -0.485. The lowest BCUT2D eigenvalue weighted by Gasteiger charge is -2.02. The fraction of sp³-hybridized carbons (Fsp3) is 0.214. The number of hydrogen-bond donors (Lipinski definition) is 0. The lowest BCUT2D eigenvalue weighted by atomic mass is 10.3. The standard InChI is InChI=1S/C14H14N6O2/c21-14(22-8-4-7-19-11-15-10-17-19)13-9-16-20(18-13)12-5-2-1-3-6-12/h1-3,5-6,9-11H,4,7-8H2. The Bertz CT molecular complexity index is 723. The highest BCUT2D eigenvalue weighted by Crippen LogP contribution is 2.05. The first-order valence-corrected chi connectivity index (χ1v) is 6.80. The average molecular weight is 298 g/mol. The zero-order valence-electron chi connectivity index (χ0n) is 11.7. The Kier molecular flexibility index (Phi) is 4.19. The van der Waals surface area contributed by atoms with Crippen LogP contribution in [-0.4, -0.2) is 42.3 Å². The number of ether oxygens (including phenoxy) is 1. The second-order valence-electron chi connectivity index (χ2n) is 4.50. The van der Waals surface area contributed by atoms with Gasteiger partial charge in [0.25, 0.3) is 0 Å². The molecule has 0 radical (unpaired) electrons. The van der Waals surface area contributed by atoms with E-state index in [1.165, 1.54) is 17.3 Å². The van der Waals surface area contributed by atoms with Crippen molar-refractivity contribution in [3.8, 4) is 5.69 Å².